The fraction of sp³-hybridized carbons (Fsp3) is 0.444. The van der Waals surface area contributed by atoms with Crippen LogP contribution in [-0.4, -0.2) is 32.3 Å². The smallest absolute Gasteiger partial charge is 0.251 e. The lowest BCUT2D eigenvalue weighted by molar-refractivity contribution is -0.113. The number of aromatic nitrogens is 3. The number of aryl methyl sites for hydroxylation is 2. The highest BCUT2D eigenvalue weighted by atomic mass is 32.2. The van der Waals surface area contributed by atoms with Gasteiger partial charge in [-0.05, 0) is 63.1 Å². The number of benzene rings is 1. The maximum atomic E-state index is 13.0. The van der Waals surface area contributed by atoms with Crippen molar-refractivity contribution in [2.45, 2.75) is 71.1 Å². The van der Waals surface area contributed by atoms with E-state index < -0.39 is 0 Å². The highest BCUT2D eigenvalue weighted by Gasteiger charge is 2.27. The molecule has 2 amide bonds. The van der Waals surface area contributed by atoms with Crippen molar-refractivity contribution in [1.82, 2.24) is 20.1 Å². The summed E-state index contributed by atoms with van der Waals surface area (Å²) in [6.45, 7) is 8.61. The molecule has 0 spiro atoms. The molecular formula is C27H32N6O2S2. The first-order chi connectivity index (χ1) is 17.8. The SMILES string of the molecule is CCn1c(SCC(=O)Nc2sc3c(c2C#N)CCCC3)nnc1[C@H](NC(=O)c1cccc(C)c1)C(C)C. The van der Waals surface area contributed by atoms with E-state index in [1.165, 1.54) is 28.0 Å². The number of anilines is 1. The van der Waals surface area contributed by atoms with Crippen molar-refractivity contribution < 1.29 is 9.59 Å². The lowest BCUT2D eigenvalue weighted by Gasteiger charge is -2.22. The molecule has 1 aliphatic carbocycles. The summed E-state index contributed by atoms with van der Waals surface area (Å²) in [5.74, 6) is 0.555. The standard InChI is InChI=1S/C27H32N6O2S2/c1-5-33-24(23(16(2)3)30-25(35)18-10-8-9-17(4)13-18)31-32-27(33)36-15-22(34)29-26-20(14-28)19-11-6-7-12-21(19)37-26/h8-10,13,16,23H,5-7,11-12,15H2,1-4H3,(H,29,34)(H,30,35)/t23-/m1/s1. The van der Waals surface area contributed by atoms with Crippen molar-refractivity contribution in [2.24, 2.45) is 5.92 Å². The molecule has 2 N–H and O–H groups in total. The molecule has 8 nitrogen and oxygen atoms in total. The summed E-state index contributed by atoms with van der Waals surface area (Å²) in [7, 11) is 0. The van der Waals surface area contributed by atoms with Gasteiger partial charge in [-0.15, -0.1) is 21.5 Å². The molecule has 10 heteroatoms. The number of hydrogen-bond acceptors (Lipinski definition) is 7. The molecule has 0 radical (unpaired) electrons. The Bertz CT molecular complexity index is 1340. The number of nitriles is 1. The fourth-order valence-electron chi connectivity index (χ4n) is 4.54. The third-order valence-electron chi connectivity index (χ3n) is 6.44. The van der Waals surface area contributed by atoms with E-state index in [1.807, 2.05) is 50.5 Å². The van der Waals surface area contributed by atoms with Crippen molar-refractivity contribution in [2.75, 3.05) is 11.1 Å². The van der Waals surface area contributed by atoms with Gasteiger partial charge in [-0.25, -0.2) is 0 Å². The Hall–Kier alpha value is -3.16. The highest BCUT2D eigenvalue weighted by molar-refractivity contribution is 7.99. The largest absolute Gasteiger partial charge is 0.342 e. The Morgan fingerprint density at radius 2 is 2.03 bits per heavy atom. The lowest BCUT2D eigenvalue weighted by Crippen LogP contribution is -2.33. The van der Waals surface area contributed by atoms with Gasteiger partial charge in [-0.3, -0.25) is 9.59 Å². The van der Waals surface area contributed by atoms with Gasteiger partial charge in [0.15, 0.2) is 11.0 Å². The molecular weight excluding hydrogens is 504 g/mol. The lowest BCUT2D eigenvalue weighted by atomic mass is 9.96. The van der Waals surface area contributed by atoms with Gasteiger partial charge in [0, 0.05) is 17.0 Å². The Labute approximate surface area is 225 Å². The number of hydrogen-bond donors (Lipinski definition) is 2. The minimum atomic E-state index is -0.334. The van der Waals surface area contributed by atoms with Crippen molar-refractivity contribution in [3.8, 4) is 6.07 Å². The predicted molar refractivity (Wildman–Crippen MR) is 147 cm³/mol. The molecule has 2 heterocycles. The molecule has 0 unspecified atom stereocenters. The van der Waals surface area contributed by atoms with Crippen LogP contribution in [0.3, 0.4) is 0 Å². The summed E-state index contributed by atoms with van der Waals surface area (Å²) in [5.41, 5.74) is 3.34. The minimum Gasteiger partial charge on any atom is -0.342 e. The average Bonchev–Trinajstić information content (AvgIpc) is 3.45. The molecule has 0 saturated heterocycles. The summed E-state index contributed by atoms with van der Waals surface area (Å²) in [6.07, 6.45) is 4.08. The van der Waals surface area contributed by atoms with E-state index in [-0.39, 0.29) is 29.5 Å². The first-order valence-corrected chi connectivity index (χ1v) is 14.4. The van der Waals surface area contributed by atoms with Crippen LogP contribution in [0.1, 0.15) is 77.4 Å². The second-order valence-electron chi connectivity index (χ2n) is 9.51. The van der Waals surface area contributed by atoms with Crippen molar-refractivity contribution >= 4 is 39.9 Å². The molecule has 2 aromatic heterocycles. The van der Waals surface area contributed by atoms with Crippen LogP contribution in [0, 0.1) is 24.2 Å². The molecule has 1 aromatic carbocycles. The summed E-state index contributed by atoms with van der Waals surface area (Å²) >= 11 is 2.82. The molecule has 4 rings (SSSR count). The second-order valence-corrected chi connectivity index (χ2v) is 11.6. The van der Waals surface area contributed by atoms with E-state index >= 15 is 0 Å². The number of fused-ring (bicyclic) bond motifs is 1. The zero-order chi connectivity index (χ0) is 26.5. The van der Waals surface area contributed by atoms with Crippen LogP contribution >= 0.6 is 23.1 Å². The Kier molecular flexibility index (Phi) is 8.67. The van der Waals surface area contributed by atoms with Crippen LogP contribution in [-0.2, 0) is 24.2 Å². The molecule has 0 bridgehead atoms. The number of rotatable bonds is 9. The number of thioether (sulfide) groups is 1. The maximum absolute atomic E-state index is 13.0. The predicted octanol–water partition coefficient (Wildman–Crippen LogP) is 5.28. The van der Waals surface area contributed by atoms with E-state index in [4.69, 9.17) is 0 Å². The second kappa shape index (κ2) is 11.9. The third kappa shape index (κ3) is 6.05. The first-order valence-electron chi connectivity index (χ1n) is 12.6. The summed E-state index contributed by atoms with van der Waals surface area (Å²) in [6, 6.07) is 9.43. The van der Waals surface area contributed by atoms with Gasteiger partial charge in [-0.1, -0.05) is 43.3 Å². The quantitative estimate of drug-likeness (QED) is 0.360. The number of nitrogens with zero attached hydrogens (tertiary/aromatic N) is 4. The van der Waals surface area contributed by atoms with Crippen LogP contribution in [0.25, 0.3) is 0 Å². The minimum absolute atomic E-state index is 0.0821. The molecule has 0 saturated carbocycles. The van der Waals surface area contributed by atoms with Gasteiger partial charge in [0.05, 0.1) is 17.4 Å². The monoisotopic (exact) mass is 536 g/mol. The zero-order valence-corrected chi connectivity index (χ0v) is 23.3. The van der Waals surface area contributed by atoms with Crippen molar-refractivity contribution in [1.29, 1.82) is 5.26 Å². The normalized spacial score (nSPS) is 13.6. The first kappa shape index (κ1) is 26.9. The molecule has 0 fully saturated rings. The van der Waals surface area contributed by atoms with Crippen molar-refractivity contribution in [3.63, 3.8) is 0 Å². The third-order valence-corrected chi connectivity index (χ3v) is 8.62. The number of thiophene rings is 1. The zero-order valence-electron chi connectivity index (χ0n) is 21.6. The van der Waals surface area contributed by atoms with Crippen LogP contribution in [0.2, 0.25) is 0 Å². The van der Waals surface area contributed by atoms with Gasteiger partial charge in [0.1, 0.15) is 11.1 Å². The molecule has 1 aliphatic rings. The number of nitrogens with one attached hydrogen (secondary N) is 2. The van der Waals surface area contributed by atoms with Crippen LogP contribution in [0.4, 0.5) is 5.00 Å². The summed E-state index contributed by atoms with van der Waals surface area (Å²) in [5, 5.41) is 25.7. The van der Waals surface area contributed by atoms with Crippen molar-refractivity contribution in [3.05, 3.63) is 57.2 Å². The molecule has 1 atom stereocenters. The van der Waals surface area contributed by atoms with E-state index in [0.717, 1.165) is 36.8 Å². The van der Waals surface area contributed by atoms with E-state index in [9.17, 15) is 14.9 Å². The van der Waals surface area contributed by atoms with Gasteiger partial charge in [0.2, 0.25) is 5.91 Å². The van der Waals surface area contributed by atoms with Gasteiger partial charge in [0.25, 0.3) is 5.91 Å². The molecule has 194 valence electrons. The summed E-state index contributed by atoms with van der Waals surface area (Å²) < 4.78 is 1.95. The topological polar surface area (TPSA) is 113 Å². The Balaban J connectivity index is 1.45. The Morgan fingerprint density at radius 3 is 2.73 bits per heavy atom. The van der Waals surface area contributed by atoms with E-state index in [1.54, 1.807) is 6.07 Å². The molecule has 37 heavy (non-hydrogen) atoms. The van der Waals surface area contributed by atoms with Crippen LogP contribution in [0.15, 0.2) is 29.4 Å². The van der Waals surface area contributed by atoms with Gasteiger partial charge < -0.3 is 15.2 Å². The Morgan fingerprint density at radius 1 is 1.24 bits per heavy atom. The van der Waals surface area contributed by atoms with Crippen LogP contribution < -0.4 is 10.6 Å². The number of amides is 2. The van der Waals surface area contributed by atoms with E-state index in [2.05, 4.69) is 26.9 Å². The molecule has 0 aliphatic heterocycles. The van der Waals surface area contributed by atoms with E-state index in [0.29, 0.717) is 33.7 Å². The maximum Gasteiger partial charge on any atom is 0.251 e. The van der Waals surface area contributed by atoms with Crippen LogP contribution in [0.5, 0.6) is 0 Å². The average molecular weight is 537 g/mol. The number of carbonyl (C=O) groups excluding carboxylic acids is 2. The number of carbonyl (C=O) groups is 2. The molecule has 3 aromatic rings. The highest BCUT2D eigenvalue weighted by Crippen LogP contribution is 2.37. The van der Waals surface area contributed by atoms with Gasteiger partial charge in [-0.2, -0.15) is 5.26 Å². The fourth-order valence-corrected chi connectivity index (χ4v) is 6.60. The summed E-state index contributed by atoms with van der Waals surface area (Å²) in [4.78, 5) is 27.0. The van der Waals surface area contributed by atoms with Gasteiger partial charge >= 0.3 is 0 Å².